The minimum Gasteiger partial charge on any atom is -0.507 e. The van der Waals surface area contributed by atoms with Gasteiger partial charge >= 0.3 is 10.6 Å². The van der Waals surface area contributed by atoms with Crippen molar-refractivity contribution in [3.05, 3.63) is 60.7 Å². The number of anilines is 1. The molecule has 0 bridgehead atoms. The van der Waals surface area contributed by atoms with E-state index in [4.69, 9.17) is 22.9 Å². The summed E-state index contributed by atoms with van der Waals surface area (Å²) in [4.78, 5) is 0. The molecule has 0 aliphatic rings. The first-order valence-electron chi connectivity index (χ1n) is 10.6. The number of hydrogen-bond donors (Lipinski definition) is 3. The Balaban J connectivity index is -0.000000572. The molecule has 3 rings (SSSR count). The van der Waals surface area contributed by atoms with Crippen molar-refractivity contribution in [2.24, 2.45) is 10.2 Å². The number of phenols is 1. The van der Waals surface area contributed by atoms with Crippen LogP contribution in [-0.4, -0.2) is 37.0 Å². The largest absolute Gasteiger partial charge is 0.507 e. The fourth-order valence-electron chi connectivity index (χ4n) is 2.07. The molecule has 0 radical (unpaired) electrons. The second kappa shape index (κ2) is 21.2. The first-order chi connectivity index (χ1) is 16.5. The molecule has 0 fully saturated rings. The number of rotatable bonds is 2. The first-order valence-corrected chi connectivity index (χ1v) is 13.5. The Labute approximate surface area is 209 Å². The van der Waals surface area contributed by atoms with E-state index < -0.39 is 20.7 Å². The summed E-state index contributed by atoms with van der Waals surface area (Å²) in [6, 6.07) is 18.4. The molecular weight excluding hydrogens is 494 g/mol. The van der Waals surface area contributed by atoms with Crippen LogP contribution >= 0.6 is 0 Å². The molecule has 4 N–H and O–H groups in total. The van der Waals surface area contributed by atoms with E-state index in [2.05, 4.69) is 10.2 Å². The number of benzene rings is 3. The van der Waals surface area contributed by atoms with Gasteiger partial charge in [0.1, 0.15) is 11.4 Å². The highest BCUT2D eigenvalue weighted by Gasteiger charge is 2.07. The lowest BCUT2D eigenvalue weighted by Crippen LogP contribution is -1.88. The van der Waals surface area contributed by atoms with Crippen LogP contribution in [0.2, 0.25) is 0 Å². The molecule has 10 nitrogen and oxygen atoms in total. The molecule has 0 aliphatic carbocycles. The van der Waals surface area contributed by atoms with Crippen LogP contribution in [0.15, 0.2) is 70.9 Å². The van der Waals surface area contributed by atoms with E-state index >= 15 is 0 Å². The third-order valence-corrected chi connectivity index (χ3v) is 3.07. The Morgan fingerprint density at radius 2 is 1.23 bits per heavy atom. The van der Waals surface area contributed by atoms with Crippen molar-refractivity contribution in [1.29, 1.82) is 0 Å². The Kier molecular flexibility index (Phi) is 21.9. The molecule has 0 saturated heterocycles. The quantitative estimate of drug-likeness (QED) is 0.202. The lowest BCUT2D eigenvalue weighted by atomic mass is 10.1. The van der Waals surface area contributed by atoms with E-state index in [1.807, 2.05) is 84.0 Å². The Bertz CT molecular complexity index is 1200. The highest BCUT2D eigenvalue weighted by molar-refractivity contribution is 7.85. The van der Waals surface area contributed by atoms with Crippen LogP contribution in [0.1, 0.15) is 41.5 Å². The van der Waals surface area contributed by atoms with Gasteiger partial charge in [0.05, 0.1) is 17.6 Å². The number of hydrogen-bond acceptors (Lipinski definition) is 9. The number of aromatic hydroxyl groups is 1. The SMILES string of the molecule is CC.CC.CC.CS(=O)(=O)O.Nc1c(N=Nc2ccccc2)ccc2cccc(O)c12.O=S(=O)=O. The van der Waals surface area contributed by atoms with Gasteiger partial charge in [-0.1, -0.05) is 77.9 Å². The number of azo groups is 1. The van der Waals surface area contributed by atoms with E-state index in [9.17, 15) is 13.5 Å². The van der Waals surface area contributed by atoms with Crippen molar-refractivity contribution in [3.63, 3.8) is 0 Å². The molecule has 35 heavy (non-hydrogen) atoms. The molecule has 0 aromatic heterocycles. The summed E-state index contributed by atoms with van der Waals surface area (Å²) in [6.07, 6.45) is 0.715. The van der Waals surface area contributed by atoms with Gasteiger partial charge in [-0.3, -0.25) is 4.55 Å². The molecule has 0 atom stereocenters. The van der Waals surface area contributed by atoms with E-state index in [-0.39, 0.29) is 5.75 Å². The van der Waals surface area contributed by atoms with E-state index in [1.54, 1.807) is 18.2 Å². The van der Waals surface area contributed by atoms with Crippen LogP contribution in [-0.2, 0) is 20.7 Å². The van der Waals surface area contributed by atoms with Crippen molar-refractivity contribution in [3.8, 4) is 5.75 Å². The Morgan fingerprint density at radius 1 is 0.771 bits per heavy atom. The second-order valence-corrected chi connectivity index (χ2v) is 7.22. The van der Waals surface area contributed by atoms with Crippen molar-refractivity contribution in [1.82, 2.24) is 0 Å². The van der Waals surface area contributed by atoms with Crippen LogP contribution in [0.25, 0.3) is 10.8 Å². The number of nitrogen functional groups attached to an aromatic ring is 1. The standard InChI is InChI=1S/C16H13N3O.3C2H6.CH4O3S.O3S/c17-16-13(19-18-12-6-2-1-3-7-12)10-9-11-5-4-8-14(20)15(11)16;3*1-2;1-5(2,3)4;1-4(2)3/h1-10,20H,17H2;3*1-2H3;1H3,(H,2,3,4);. The fraction of sp³-hybridized carbons (Fsp3) is 0.304. The van der Waals surface area contributed by atoms with Crippen LogP contribution in [0.4, 0.5) is 17.1 Å². The number of phenolic OH excluding ortho intramolecular Hbond substituents is 1. The highest BCUT2D eigenvalue weighted by atomic mass is 32.2. The Hall–Kier alpha value is -3.35. The van der Waals surface area contributed by atoms with E-state index in [0.717, 1.165) is 11.1 Å². The molecule has 3 aromatic rings. The fourth-order valence-corrected chi connectivity index (χ4v) is 2.07. The van der Waals surface area contributed by atoms with Gasteiger partial charge in [0.15, 0.2) is 0 Å². The molecule has 0 unspecified atom stereocenters. The zero-order valence-electron chi connectivity index (χ0n) is 21.0. The lowest BCUT2D eigenvalue weighted by Gasteiger charge is -2.06. The van der Waals surface area contributed by atoms with Gasteiger partial charge in [-0.05, 0) is 29.7 Å². The summed E-state index contributed by atoms with van der Waals surface area (Å²) in [5.74, 6) is 0.150. The van der Waals surface area contributed by atoms with Crippen LogP contribution in [0, 0.1) is 0 Å². The van der Waals surface area contributed by atoms with Gasteiger partial charge < -0.3 is 10.8 Å². The molecule has 0 amide bonds. The average Bonchev–Trinajstić information content (AvgIpc) is 2.82. The van der Waals surface area contributed by atoms with E-state index in [0.29, 0.717) is 23.0 Å². The normalized spacial score (nSPS) is 9.26. The summed E-state index contributed by atoms with van der Waals surface area (Å²) in [6.45, 7) is 12.0. The van der Waals surface area contributed by atoms with Crippen molar-refractivity contribution < 1.29 is 30.7 Å². The number of fused-ring (bicyclic) bond motifs is 1. The smallest absolute Gasteiger partial charge is 0.425 e. The second-order valence-electron chi connectivity index (χ2n) is 5.35. The summed E-state index contributed by atoms with van der Waals surface area (Å²) >= 11 is 0. The van der Waals surface area contributed by atoms with Crippen LogP contribution in [0.3, 0.4) is 0 Å². The Morgan fingerprint density at radius 3 is 1.69 bits per heavy atom. The zero-order valence-corrected chi connectivity index (χ0v) is 22.6. The summed E-state index contributed by atoms with van der Waals surface area (Å²) < 4.78 is 51.2. The molecule has 0 saturated carbocycles. The van der Waals surface area contributed by atoms with Gasteiger partial charge in [-0.25, -0.2) is 0 Å². The summed E-state index contributed by atoms with van der Waals surface area (Å²) in [5.41, 5.74) is 7.80. The van der Waals surface area contributed by atoms with Gasteiger partial charge in [0.2, 0.25) is 0 Å². The molecule has 12 heteroatoms. The lowest BCUT2D eigenvalue weighted by molar-refractivity contribution is 0.481. The van der Waals surface area contributed by atoms with E-state index in [1.165, 1.54) is 0 Å². The maximum absolute atomic E-state index is 9.91. The topological polar surface area (TPSA) is 177 Å². The third-order valence-electron chi connectivity index (χ3n) is 3.07. The van der Waals surface area contributed by atoms with Gasteiger partial charge in [-0.2, -0.15) is 13.5 Å². The average molecular weight is 530 g/mol. The predicted octanol–water partition coefficient (Wildman–Crippen LogP) is 6.12. The molecule has 0 heterocycles. The van der Waals surface area contributed by atoms with Gasteiger partial charge in [0, 0.05) is 5.39 Å². The number of nitrogens with zero attached hydrogens (tertiary/aromatic N) is 2. The maximum atomic E-state index is 9.91. The zero-order chi connectivity index (χ0) is 28.0. The minimum atomic E-state index is -3.67. The molecular formula is C23H35N3O7S2. The predicted molar refractivity (Wildman–Crippen MR) is 142 cm³/mol. The first kappa shape index (κ1) is 36.2. The van der Waals surface area contributed by atoms with Gasteiger partial charge in [0.25, 0.3) is 10.1 Å². The van der Waals surface area contributed by atoms with Crippen molar-refractivity contribution in [2.75, 3.05) is 12.0 Å². The van der Waals surface area contributed by atoms with Crippen LogP contribution < -0.4 is 5.73 Å². The summed E-state index contributed by atoms with van der Waals surface area (Å²) in [5, 5.41) is 19.7. The maximum Gasteiger partial charge on any atom is 0.425 e. The monoisotopic (exact) mass is 529 g/mol. The highest BCUT2D eigenvalue weighted by Crippen LogP contribution is 2.36. The molecule has 0 spiro atoms. The van der Waals surface area contributed by atoms with Crippen molar-refractivity contribution in [2.45, 2.75) is 41.5 Å². The number of nitrogens with two attached hydrogens (primary N) is 1. The van der Waals surface area contributed by atoms with Gasteiger partial charge in [-0.15, -0.1) is 17.7 Å². The molecule has 196 valence electrons. The third kappa shape index (κ3) is 18.7. The van der Waals surface area contributed by atoms with Crippen LogP contribution in [0.5, 0.6) is 5.75 Å². The summed E-state index contributed by atoms with van der Waals surface area (Å²) in [7, 11) is -6.78. The minimum absolute atomic E-state index is 0.150. The molecule has 3 aromatic carbocycles. The molecule has 0 aliphatic heterocycles. The van der Waals surface area contributed by atoms with Crippen molar-refractivity contribution >= 4 is 48.6 Å².